The van der Waals surface area contributed by atoms with Crippen molar-refractivity contribution in [1.82, 2.24) is 10.2 Å². The zero-order valence-corrected chi connectivity index (χ0v) is 9.34. The molecule has 14 heavy (non-hydrogen) atoms. The van der Waals surface area contributed by atoms with Crippen molar-refractivity contribution >= 4 is 5.91 Å². The van der Waals surface area contributed by atoms with Gasteiger partial charge in [-0.3, -0.25) is 10.1 Å². The lowest BCUT2D eigenvalue weighted by Crippen LogP contribution is -2.43. The second kappa shape index (κ2) is 3.23. The van der Waals surface area contributed by atoms with Gasteiger partial charge in [-0.25, -0.2) is 0 Å². The Morgan fingerprint density at radius 1 is 1.64 bits per heavy atom. The van der Waals surface area contributed by atoms with Crippen LogP contribution in [0.2, 0.25) is 0 Å². The van der Waals surface area contributed by atoms with Gasteiger partial charge in [0.25, 0.3) is 0 Å². The summed E-state index contributed by atoms with van der Waals surface area (Å²) >= 11 is 0. The SMILES string of the molecule is CCC1(C)NCN(CC2CC2C)C1=O. The molecule has 1 N–H and O–H groups in total. The Labute approximate surface area is 85.8 Å². The molecule has 3 unspecified atom stereocenters. The van der Waals surface area contributed by atoms with Crippen LogP contribution in [0.1, 0.15) is 33.6 Å². The second-order valence-electron chi connectivity index (χ2n) is 5.02. The summed E-state index contributed by atoms with van der Waals surface area (Å²) in [5, 5.41) is 3.31. The molecule has 0 radical (unpaired) electrons. The van der Waals surface area contributed by atoms with Gasteiger partial charge in [-0.05, 0) is 31.6 Å². The first kappa shape index (κ1) is 9.97. The first-order valence-electron chi connectivity index (χ1n) is 5.61. The largest absolute Gasteiger partial charge is 0.328 e. The van der Waals surface area contributed by atoms with Crippen molar-refractivity contribution in [1.29, 1.82) is 0 Å². The molecule has 2 fully saturated rings. The monoisotopic (exact) mass is 196 g/mol. The molecule has 0 aromatic heterocycles. The minimum Gasteiger partial charge on any atom is -0.328 e. The third kappa shape index (κ3) is 1.54. The highest BCUT2D eigenvalue weighted by Gasteiger charge is 2.44. The van der Waals surface area contributed by atoms with Crippen molar-refractivity contribution in [3.05, 3.63) is 0 Å². The predicted octanol–water partition coefficient (Wildman–Crippen LogP) is 1.20. The van der Waals surface area contributed by atoms with Gasteiger partial charge in [-0.1, -0.05) is 13.8 Å². The van der Waals surface area contributed by atoms with E-state index in [1.807, 2.05) is 11.8 Å². The van der Waals surface area contributed by atoms with Crippen LogP contribution < -0.4 is 5.32 Å². The van der Waals surface area contributed by atoms with Crippen LogP contribution >= 0.6 is 0 Å². The third-order valence-corrected chi connectivity index (χ3v) is 3.86. The van der Waals surface area contributed by atoms with Gasteiger partial charge in [-0.15, -0.1) is 0 Å². The Hall–Kier alpha value is -0.570. The van der Waals surface area contributed by atoms with Crippen LogP contribution in [0.15, 0.2) is 0 Å². The molecule has 0 spiro atoms. The van der Waals surface area contributed by atoms with E-state index in [1.165, 1.54) is 6.42 Å². The lowest BCUT2D eigenvalue weighted by Gasteiger charge is -2.20. The normalized spacial score (nSPS) is 41.9. The van der Waals surface area contributed by atoms with Gasteiger partial charge in [0.05, 0.1) is 12.2 Å². The Morgan fingerprint density at radius 3 is 2.71 bits per heavy atom. The van der Waals surface area contributed by atoms with E-state index in [1.54, 1.807) is 0 Å². The van der Waals surface area contributed by atoms with Gasteiger partial charge in [0, 0.05) is 6.54 Å². The van der Waals surface area contributed by atoms with Crippen LogP contribution in [0.25, 0.3) is 0 Å². The highest BCUT2D eigenvalue weighted by Crippen LogP contribution is 2.39. The smallest absolute Gasteiger partial charge is 0.243 e. The van der Waals surface area contributed by atoms with Crippen molar-refractivity contribution in [2.45, 2.75) is 39.2 Å². The second-order valence-corrected chi connectivity index (χ2v) is 5.02. The number of carbonyl (C=O) groups is 1. The Balaban J connectivity index is 1.93. The molecule has 1 amide bonds. The molecule has 3 atom stereocenters. The summed E-state index contributed by atoms with van der Waals surface area (Å²) in [5.74, 6) is 1.88. The fraction of sp³-hybridized carbons (Fsp3) is 0.909. The molecule has 2 aliphatic rings. The van der Waals surface area contributed by atoms with E-state index in [-0.39, 0.29) is 5.54 Å². The first-order valence-corrected chi connectivity index (χ1v) is 5.61. The maximum absolute atomic E-state index is 12.0. The maximum atomic E-state index is 12.0. The molecule has 1 aliphatic carbocycles. The third-order valence-electron chi connectivity index (χ3n) is 3.86. The first-order chi connectivity index (χ1) is 6.57. The molecule has 2 rings (SSSR count). The quantitative estimate of drug-likeness (QED) is 0.735. The molecule has 1 saturated carbocycles. The molecule has 1 heterocycles. The summed E-state index contributed by atoms with van der Waals surface area (Å²) in [6.45, 7) is 8.03. The van der Waals surface area contributed by atoms with Gasteiger partial charge >= 0.3 is 0 Å². The van der Waals surface area contributed by atoms with Crippen LogP contribution in [0.3, 0.4) is 0 Å². The fourth-order valence-corrected chi connectivity index (χ4v) is 2.13. The Bertz CT molecular complexity index is 254. The maximum Gasteiger partial charge on any atom is 0.243 e. The van der Waals surface area contributed by atoms with E-state index in [9.17, 15) is 4.79 Å². The Kier molecular flexibility index (Phi) is 2.30. The van der Waals surface area contributed by atoms with Crippen LogP contribution in [-0.4, -0.2) is 29.6 Å². The number of carbonyl (C=O) groups excluding carboxylic acids is 1. The number of hydrogen-bond acceptors (Lipinski definition) is 2. The molecule has 0 bridgehead atoms. The number of nitrogens with one attached hydrogen (secondary N) is 1. The van der Waals surface area contributed by atoms with Crippen LogP contribution in [0.4, 0.5) is 0 Å². The van der Waals surface area contributed by atoms with Gasteiger partial charge in [0.15, 0.2) is 0 Å². The number of amides is 1. The summed E-state index contributed by atoms with van der Waals surface area (Å²) in [6, 6.07) is 0. The molecule has 0 aromatic rings. The van der Waals surface area contributed by atoms with Gasteiger partial charge in [0.2, 0.25) is 5.91 Å². The van der Waals surface area contributed by atoms with Gasteiger partial charge in [-0.2, -0.15) is 0 Å². The number of rotatable bonds is 3. The number of nitrogens with zero attached hydrogens (tertiary/aromatic N) is 1. The van der Waals surface area contributed by atoms with E-state index in [4.69, 9.17) is 0 Å². The van der Waals surface area contributed by atoms with E-state index in [2.05, 4.69) is 19.2 Å². The highest BCUT2D eigenvalue weighted by molar-refractivity contribution is 5.87. The van der Waals surface area contributed by atoms with E-state index >= 15 is 0 Å². The van der Waals surface area contributed by atoms with Crippen molar-refractivity contribution in [2.24, 2.45) is 11.8 Å². The molecule has 3 nitrogen and oxygen atoms in total. The standard InChI is InChI=1S/C11H20N2O/c1-4-11(3)10(14)13(7-12-11)6-9-5-8(9)2/h8-9,12H,4-7H2,1-3H3. The number of hydrogen-bond donors (Lipinski definition) is 1. The minimum atomic E-state index is -0.294. The van der Waals surface area contributed by atoms with E-state index in [0.29, 0.717) is 5.91 Å². The molecule has 1 aliphatic heterocycles. The predicted molar refractivity (Wildman–Crippen MR) is 55.7 cm³/mol. The Morgan fingerprint density at radius 2 is 2.29 bits per heavy atom. The average Bonchev–Trinajstić information content (AvgIpc) is 2.79. The fourth-order valence-electron chi connectivity index (χ4n) is 2.13. The summed E-state index contributed by atoms with van der Waals surface area (Å²) < 4.78 is 0. The minimum absolute atomic E-state index is 0.291. The molecule has 80 valence electrons. The molecule has 0 aromatic carbocycles. The summed E-state index contributed by atoms with van der Waals surface area (Å²) in [4.78, 5) is 14.0. The topological polar surface area (TPSA) is 32.3 Å². The van der Waals surface area contributed by atoms with Gasteiger partial charge < -0.3 is 4.90 Å². The molecular formula is C11H20N2O. The van der Waals surface area contributed by atoms with Crippen molar-refractivity contribution < 1.29 is 4.79 Å². The van der Waals surface area contributed by atoms with Crippen LogP contribution in [0.5, 0.6) is 0 Å². The zero-order valence-electron chi connectivity index (χ0n) is 9.34. The lowest BCUT2D eigenvalue weighted by molar-refractivity contribution is -0.132. The molecular weight excluding hydrogens is 176 g/mol. The van der Waals surface area contributed by atoms with E-state index < -0.39 is 0 Å². The van der Waals surface area contributed by atoms with Gasteiger partial charge in [0.1, 0.15) is 0 Å². The van der Waals surface area contributed by atoms with Crippen LogP contribution in [-0.2, 0) is 4.79 Å². The van der Waals surface area contributed by atoms with Crippen molar-refractivity contribution in [3.8, 4) is 0 Å². The molecule has 1 saturated heterocycles. The average molecular weight is 196 g/mol. The summed E-state index contributed by atoms with van der Waals surface area (Å²) in [6.07, 6.45) is 2.18. The molecule has 3 heteroatoms. The van der Waals surface area contributed by atoms with Crippen molar-refractivity contribution in [3.63, 3.8) is 0 Å². The van der Waals surface area contributed by atoms with Crippen LogP contribution in [0, 0.1) is 11.8 Å². The van der Waals surface area contributed by atoms with E-state index in [0.717, 1.165) is 31.5 Å². The summed E-state index contributed by atoms with van der Waals surface area (Å²) in [7, 11) is 0. The highest BCUT2D eigenvalue weighted by atomic mass is 16.2. The zero-order chi connectivity index (χ0) is 10.3. The van der Waals surface area contributed by atoms with Crippen molar-refractivity contribution in [2.75, 3.05) is 13.2 Å². The summed E-state index contributed by atoms with van der Waals surface area (Å²) in [5.41, 5.74) is -0.294. The lowest BCUT2D eigenvalue weighted by atomic mass is 9.99.